The molecule has 0 N–H and O–H groups in total. The first-order valence-electron chi connectivity index (χ1n) is 8.76. The average Bonchev–Trinajstić information content (AvgIpc) is 3.22. The standard InChI is InChI=1S/C19H24N4O/c1-3-22-12-13-23(14-22)15-8-10-16(11-9-15)24-19-20-17-6-4-5-7-18(17)21(19)2/h8-13H,3-7,14H2,1-2H3. The molecule has 1 aromatic carbocycles. The number of hydrogen-bond acceptors (Lipinski definition) is 4. The van der Waals surface area contributed by atoms with Gasteiger partial charge in [0.05, 0.1) is 12.4 Å². The van der Waals surface area contributed by atoms with Gasteiger partial charge in [-0.05, 0) is 56.9 Å². The van der Waals surface area contributed by atoms with Gasteiger partial charge in [0.15, 0.2) is 0 Å². The number of rotatable bonds is 4. The van der Waals surface area contributed by atoms with Crippen LogP contribution in [-0.2, 0) is 19.9 Å². The number of benzene rings is 1. The van der Waals surface area contributed by atoms with Crippen molar-refractivity contribution in [3.63, 3.8) is 0 Å². The van der Waals surface area contributed by atoms with E-state index in [-0.39, 0.29) is 0 Å². The molecule has 0 unspecified atom stereocenters. The van der Waals surface area contributed by atoms with Crippen molar-refractivity contribution < 1.29 is 4.74 Å². The van der Waals surface area contributed by atoms with E-state index in [0.29, 0.717) is 6.01 Å². The van der Waals surface area contributed by atoms with Gasteiger partial charge in [-0.1, -0.05) is 0 Å². The number of nitrogens with zero attached hydrogens (tertiary/aromatic N) is 4. The van der Waals surface area contributed by atoms with E-state index in [1.165, 1.54) is 29.9 Å². The van der Waals surface area contributed by atoms with Crippen LogP contribution in [0.1, 0.15) is 31.2 Å². The minimum absolute atomic E-state index is 0.702. The highest BCUT2D eigenvalue weighted by Gasteiger charge is 2.19. The van der Waals surface area contributed by atoms with Crippen molar-refractivity contribution in [3.05, 3.63) is 48.1 Å². The zero-order chi connectivity index (χ0) is 16.5. The molecule has 4 rings (SSSR count). The zero-order valence-corrected chi connectivity index (χ0v) is 14.4. The van der Waals surface area contributed by atoms with Gasteiger partial charge in [0.2, 0.25) is 0 Å². The second kappa shape index (κ2) is 6.23. The van der Waals surface area contributed by atoms with Crippen LogP contribution in [0.2, 0.25) is 0 Å². The van der Waals surface area contributed by atoms with Crippen molar-refractivity contribution in [2.45, 2.75) is 32.6 Å². The number of aryl methyl sites for hydroxylation is 1. The summed E-state index contributed by atoms with van der Waals surface area (Å²) in [5, 5.41) is 0. The number of aromatic nitrogens is 2. The molecule has 0 spiro atoms. The highest BCUT2D eigenvalue weighted by molar-refractivity contribution is 5.52. The van der Waals surface area contributed by atoms with Crippen molar-refractivity contribution >= 4 is 5.69 Å². The Morgan fingerprint density at radius 1 is 1.08 bits per heavy atom. The molecule has 5 nitrogen and oxygen atoms in total. The summed E-state index contributed by atoms with van der Waals surface area (Å²) >= 11 is 0. The molecule has 0 bridgehead atoms. The van der Waals surface area contributed by atoms with Gasteiger partial charge in [0.1, 0.15) is 5.75 Å². The van der Waals surface area contributed by atoms with Crippen molar-refractivity contribution in [1.29, 1.82) is 0 Å². The van der Waals surface area contributed by atoms with Crippen LogP contribution in [0.5, 0.6) is 11.8 Å². The molecule has 5 heteroatoms. The van der Waals surface area contributed by atoms with Gasteiger partial charge in [-0.2, -0.15) is 4.98 Å². The molecule has 24 heavy (non-hydrogen) atoms. The van der Waals surface area contributed by atoms with E-state index in [4.69, 9.17) is 4.74 Å². The Balaban J connectivity index is 1.48. The first kappa shape index (κ1) is 15.1. The van der Waals surface area contributed by atoms with E-state index in [1.807, 2.05) is 12.1 Å². The van der Waals surface area contributed by atoms with E-state index in [2.05, 4.69) is 57.9 Å². The van der Waals surface area contributed by atoms with Crippen LogP contribution in [0.15, 0.2) is 36.7 Å². The van der Waals surface area contributed by atoms with Gasteiger partial charge in [0, 0.05) is 37.4 Å². The number of imidazole rings is 1. The molecule has 0 amide bonds. The van der Waals surface area contributed by atoms with E-state index in [1.54, 1.807) is 0 Å². The van der Waals surface area contributed by atoms with E-state index in [9.17, 15) is 0 Å². The molecule has 1 aromatic heterocycles. The molecule has 126 valence electrons. The maximum absolute atomic E-state index is 6.03. The van der Waals surface area contributed by atoms with Crippen LogP contribution in [-0.4, -0.2) is 27.7 Å². The summed E-state index contributed by atoms with van der Waals surface area (Å²) in [5.41, 5.74) is 3.71. The van der Waals surface area contributed by atoms with Gasteiger partial charge in [0.25, 0.3) is 0 Å². The monoisotopic (exact) mass is 324 g/mol. The van der Waals surface area contributed by atoms with Gasteiger partial charge in [-0.15, -0.1) is 0 Å². The summed E-state index contributed by atoms with van der Waals surface area (Å²) in [6, 6.07) is 8.94. The van der Waals surface area contributed by atoms with E-state index < -0.39 is 0 Å². The topological polar surface area (TPSA) is 33.5 Å². The fraction of sp³-hybridized carbons (Fsp3) is 0.421. The third-order valence-electron chi connectivity index (χ3n) is 4.91. The van der Waals surface area contributed by atoms with Crippen molar-refractivity contribution in [3.8, 4) is 11.8 Å². The van der Waals surface area contributed by atoms with Gasteiger partial charge in [-0.25, -0.2) is 0 Å². The molecule has 0 fully saturated rings. The normalized spacial score (nSPS) is 16.6. The fourth-order valence-electron chi connectivity index (χ4n) is 3.40. The Morgan fingerprint density at radius 3 is 2.58 bits per heavy atom. The van der Waals surface area contributed by atoms with Crippen LogP contribution in [0.4, 0.5) is 5.69 Å². The van der Waals surface area contributed by atoms with E-state index >= 15 is 0 Å². The maximum atomic E-state index is 6.03. The molecule has 0 radical (unpaired) electrons. The lowest BCUT2D eigenvalue weighted by molar-refractivity contribution is 0.421. The predicted octanol–water partition coefficient (Wildman–Crippen LogP) is 3.66. The Morgan fingerprint density at radius 2 is 1.88 bits per heavy atom. The molecule has 2 heterocycles. The quantitative estimate of drug-likeness (QED) is 0.859. The Hall–Kier alpha value is -2.43. The highest BCUT2D eigenvalue weighted by Crippen LogP contribution is 2.29. The molecule has 2 aromatic rings. The number of anilines is 1. The first-order chi connectivity index (χ1) is 11.7. The van der Waals surface area contributed by atoms with Crippen LogP contribution in [0.3, 0.4) is 0 Å². The van der Waals surface area contributed by atoms with Crippen molar-refractivity contribution in [2.24, 2.45) is 7.05 Å². The summed E-state index contributed by atoms with van der Waals surface area (Å²) in [7, 11) is 2.05. The van der Waals surface area contributed by atoms with Gasteiger partial charge < -0.3 is 19.1 Å². The lowest BCUT2D eigenvalue weighted by atomic mass is 10.0. The number of fused-ring (bicyclic) bond motifs is 1. The number of ether oxygens (including phenoxy) is 1. The zero-order valence-electron chi connectivity index (χ0n) is 14.4. The summed E-state index contributed by atoms with van der Waals surface area (Å²) in [6.45, 7) is 4.10. The molecular weight excluding hydrogens is 300 g/mol. The SMILES string of the molecule is CCN1C=CN(c2ccc(Oc3nc4c(n3C)CCCC4)cc2)C1. The van der Waals surface area contributed by atoms with Crippen LogP contribution in [0.25, 0.3) is 0 Å². The molecule has 1 aliphatic heterocycles. The Bertz CT molecular complexity index is 747. The van der Waals surface area contributed by atoms with Crippen LogP contribution in [0, 0.1) is 0 Å². The molecule has 1 aliphatic carbocycles. The lowest BCUT2D eigenvalue weighted by Gasteiger charge is -2.20. The maximum Gasteiger partial charge on any atom is 0.302 e. The van der Waals surface area contributed by atoms with E-state index in [0.717, 1.165) is 31.8 Å². The Kier molecular flexibility index (Phi) is 3.92. The van der Waals surface area contributed by atoms with Gasteiger partial charge >= 0.3 is 6.01 Å². The molecule has 0 atom stereocenters. The molecule has 0 saturated carbocycles. The third kappa shape index (κ3) is 2.75. The van der Waals surface area contributed by atoms with Gasteiger partial charge in [-0.3, -0.25) is 0 Å². The van der Waals surface area contributed by atoms with Crippen molar-refractivity contribution in [2.75, 3.05) is 18.1 Å². The predicted molar refractivity (Wildman–Crippen MR) is 95.2 cm³/mol. The molecule has 0 saturated heterocycles. The smallest absolute Gasteiger partial charge is 0.302 e. The summed E-state index contributed by atoms with van der Waals surface area (Å²) in [4.78, 5) is 9.17. The lowest BCUT2D eigenvalue weighted by Crippen LogP contribution is -2.24. The molecular formula is C19H24N4O. The highest BCUT2D eigenvalue weighted by atomic mass is 16.5. The minimum atomic E-state index is 0.702. The van der Waals surface area contributed by atoms with Crippen LogP contribution >= 0.6 is 0 Å². The summed E-state index contributed by atoms with van der Waals surface area (Å²) < 4.78 is 8.13. The largest absolute Gasteiger partial charge is 0.426 e. The minimum Gasteiger partial charge on any atom is -0.426 e. The fourth-order valence-corrected chi connectivity index (χ4v) is 3.40. The second-order valence-corrected chi connectivity index (χ2v) is 6.46. The Labute approximate surface area is 143 Å². The third-order valence-corrected chi connectivity index (χ3v) is 4.91. The van der Waals surface area contributed by atoms with Crippen molar-refractivity contribution in [1.82, 2.24) is 14.5 Å². The summed E-state index contributed by atoms with van der Waals surface area (Å²) in [6.07, 6.45) is 8.90. The van der Waals surface area contributed by atoms with Crippen LogP contribution < -0.4 is 9.64 Å². The first-order valence-corrected chi connectivity index (χ1v) is 8.76. The molecule has 2 aliphatic rings. The summed E-state index contributed by atoms with van der Waals surface area (Å²) in [5.74, 6) is 0.833. The second-order valence-electron chi connectivity index (χ2n) is 6.46. The average molecular weight is 324 g/mol. The number of hydrogen-bond donors (Lipinski definition) is 0.